The van der Waals surface area contributed by atoms with E-state index in [2.05, 4.69) is 15.8 Å². The van der Waals surface area contributed by atoms with Crippen molar-refractivity contribution in [2.75, 3.05) is 19.0 Å². The Kier molecular flexibility index (Phi) is 6.83. The summed E-state index contributed by atoms with van der Waals surface area (Å²) in [4.78, 5) is 38.0. The third kappa shape index (κ3) is 4.68. The molecule has 158 valence electrons. The van der Waals surface area contributed by atoms with Crippen molar-refractivity contribution in [2.24, 2.45) is 5.10 Å². The maximum Gasteiger partial charge on any atom is 0.341 e. The number of aryl methyl sites for hydroxylation is 1. The zero-order valence-electron chi connectivity index (χ0n) is 17.0. The summed E-state index contributed by atoms with van der Waals surface area (Å²) in [6.07, 6.45) is 2.56. The van der Waals surface area contributed by atoms with Crippen LogP contribution in [-0.2, 0) is 27.2 Å². The number of esters is 1. The summed E-state index contributed by atoms with van der Waals surface area (Å²) >= 11 is 1.31. The van der Waals surface area contributed by atoms with Crippen LogP contribution in [0.25, 0.3) is 0 Å². The summed E-state index contributed by atoms with van der Waals surface area (Å²) in [5, 5.41) is 6.86. The fraction of sp³-hybridized carbons (Fsp3) is 0.333. The van der Waals surface area contributed by atoms with Crippen molar-refractivity contribution in [2.45, 2.75) is 33.1 Å². The number of hydrogen-bond donors (Lipinski definition) is 2. The average molecular weight is 429 g/mol. The third-order valence-electron chi connectivity index (χ3n) is 4.67. The molecule has 9 heteroatoms. The highest BCUT2D eigenvalue weighted by Gasteiger charge is 2.29. The molecule has 0 atom stereocenters. The van der Waals surface area contributed by atoms with Gasteiger partial charge in [0, 0.05) is 4.88 Å². The van der Waals surface area contributed by atoms with Crippen LogP contribution < -0.4 is 15.5 Å². The van der Waals surface area contributed by atoms with Gasteiger partial charge in [0.15, 0.2) is 0 Å². The highest BCUT2D eigenvalue weighted by Crippen LogP contribution is 2.39. The van der Waals surface area contributed by atoms with E-state index >= 15 is 0 Å². The van der Waals surface area contributed by atoms with E-state index in [4.69, 9.17) is 9.47 Å². The van der Waals surface area contributed by atoms with Crippen molar-refractivity contribution in [1.29, 1.82) is 0 Å². The van der Waals surface area contributed by atoms with Gasteiger partial charge in [-0.2, -0.15) is 5.10 Å². The minimum Gasteiger partial charge on any atom is -0.497 e. The zero-order chi connectivity index (χ0) is 21.7. The Morgan fingerprint density at radius 2 is 1.87 bits per heavy atom. The minimum absolute atomic E-state index is 0.233. The van der Waals surface area contributed by atoms with E-state index in [0.717, 1.165) is 35.3 Å². The molecule has 1 aromatic carbocycles. The normalized spacial score (nSPS) is 12.8. The second-order valence-corrected chi connectivity index (χ2v) is 7.71. The van der Waals surface area contributed by atoms with Crippen molar-refractivity contribution in [3.8, 4) is 5.75 Å². The molecule has 2 amide bonds. The number of hydrazone groups is 1. The van der Waals surface area contributed by atoms with Crippen molar-refractivity contribution in [3.63, 3.8) is 0 Å². The first kappa shape index (κ1) is 21.5. The van der Waals surface area contributed by atoms with Gasteiger partial charge < -0.3 is 14.8 Å². The van der Waals surface area contributed by atoms with Crippen LogP contribution in [0.15, 0.2) is 29.4 Å². The lowest BCUT2D eigenvalue weighted by Gasteiger charge is -2.08. The number of carbonyl (C=O) groups is 3. The maximum absolute atomic E-state index is 12.4. The molecule has 1 aromatic heterocycles. The lowest BCUT2D eigenvalue weighted by molar-refractivity contribution is -0.136. The average Bonchev–Trinajstić information content (AvgIpc) is 3.32. The number of nitrogens with zero attached hydrogens (tertiary/aromatic N) is 1. The fourth-order valence-electron chi connectivity index (χ4n) is 3.15. The summed E-state index contributed by atoms with van der Waals surface area (Å²) < 4.78 is 10.2. The molecule has 3 rings (SSSR count). The van der Waals surface area contributed by atoms with E-state index in [1.54, 1.807) is 45.2 Å². The molecule has 2 aromatic rings. The third-order valence-corrected chi connectivity index (χ3v) is 5.87. The minimum atomic E-state index is -0.925. The van der Waals surface area contributed by atoms with Crippen LogP contribution in [0.3, 0.4) is 0 Å². The summed E-state index contributed by atoms with van der Waals surface area (Å²) in [5.41, 5.74) is 4.81. The van der Waals surface area contributed by atoms with Crippen molar-refractivity contribution < 1.29 is 23.9 Å². The second kappa shape index (κ2) is 9.53. The number of benzene rings is 1. The van der Waals surface area contributed by atoms with Crippen molar-refractivity contribution in [3.05, 3.63) is 45.8 Å². The van der Waals surface area contributed by atoms with E-state index in [-0.39, 0.29) is 6.61 Å². The van der Waals surface area contributed by atoms with Crippen molar-refractivity contribution >= 4 is 39.8 Å². The predicted octanol–water partition coefficient (Wildman–Crippen LogP) is 2.90. The molecular formula is C21H23N3O5S. The maximum atomic E-state index is 12.4. The van der Waals surface area contributed by atoms with Gasteiger partial charge in [-0.15, -0.1) is 11.3 Å². The van der Waals surface area contributed by atoms with Gasteiger partial charge in [-0.1, -0.05) is 0 Å². The summed E-state index contributed by atoms with van der Waals surface area (Å²) in [7, 11) is 1.57. The fourth-order valence-corrected chi connectivity index (χ4v) is 4.43. The predicted molar refractivity (Wildman–Crippen MR) is 114 cm³/mol. The van der Waals surface area contributed by atoms with E-state index < -0.39 is 17.8 Å². The monoisotopic (exact) mass is 429 g/mol. The molecule has 0 radical (unpaired) electrons. The topological polar surface area (TPSA) is 106 Å². The quantitative estimate of drug-likeness (QED) is 0.318. The Bertz CT molecular complexity index is 995. The second-order valence-electron chi connectivity index (χ2n) is 6.60. The van der Waals surface area contributed by atoms with E-state index in [1.165, 1.54) is 11.3 Å². The Morgan fingerprint density at radius 3 is 2.53 bits per heavy atom. The molecule has 8 nitrogen and oxygen atoms in total. The smallest absolute Gasteiger partial charge is 0.341 e. The number of nitrogens with one attached hydrogen (secondary N) is 2. The summed E-state index contributed by atoms with van der Waals surface area (Å²) in [5.74, 6) is -1.60. The first-order chi connectivity index (χ1) is 14.4. The van der Waals surface area contributed by atoms with Gasteiger partial charge in [-0.3, -0.25) is 9.59 Å². The number of ether oxygens (including phenoxy) is 2. The molecule has 0 fully saturated rings. The van der Waals surface area contributed by atoms with Crippen molar-refractivity contribution in [1.82, 2.24) is 5.43 Å². The number of rotatable bonds is 6. The number of anilines is 1. The largest absolute Gasteiger partial charge is 0.497 e. The molecule has 0 bridgehead atoms. The van der Waals surface area contributed by atoms with Gasteiger partial charge in [-0.25, -0.2) is 10.2 Å². The van der Waals surface area contributed by atoms with Crippen LogP contribution in [0.5, 0.6) is 5.75 Å². The van der Waals surface area contributed by atoms with Gasteiger partial charge in [0.2, 0.25) is 0 Å². The highest BCUT2D eigenvalue weighted by atomic mass is 32.1. The lowest BCUT2D eigenvalue weighted by Crippen LogP contribution is -2.33. The summed E-state index contributed by atoms with van der Waals surface area (Å²) in [6, 6.07) is 7.14. The number of carbonyl (C=O) groups excluding carboxylic acids is 3. The molecule has 0 unspecified atom stereocenters. The molecule has 0 aliphatic heterocycles. The number of methoxy groups -OCH3 is 1. The summed E-state index contributed by atoms with van der Waals surface area (Å²) in [6.45, 7) is 3.67. The first-order valence-corrected chi connectivity index (χ1v) is 10.4. The molecule has 0 spiro atoms. The zero-order valence-corrected chi connectivity index (χ0v) is 17.9. The van der Waals surface area contributed by atoms with Gasteiger partial charge in [-0.05, 0) is 68.5 Å². The van der Waals surface area contributed by atoms with Gasteiger partial charge >= 0.3 is 17.8 Å². The molecule has 30 heavy (non-hydrogen) atoms. The molecule has 1 aliphatic carbocycles. The molecule has 1 heterocycles. The molecule has 2 N–H and O–H groups in total. The van der Waals surface area contributed by atoms with Crippen LogP contribution in [0.4, 0.5) is 5.00 Å². The molecule has 0 saturated carbocycles. The number of thiophene rings is 1. The first-order valence-electron chi connectivity index (χ1n) is 9.56. The Morgan fingerprint density at radius 1 is 1.13 bits per heavy atom. The van der Waals surface area contributed by atoms with Crippen LogP contribution in [0, 0.1) is 0 Å². The Hall–Kier alpha value is -3.20. The van der Waals surface area contributed by atoms with Crippen LogP contribution in [0.1, 0.15) is 46.6 Å². The Labute approximate surface area is 178 Å². The molecular weight excluding hydrogens is 406 g/mol. The Balaban J connectivity index is 1.68. The SMILES string of the molecule is CCOC(=O)c1c(NC(=O)C(=O)N/N=C(\C)c2ccc(OC)cc2)sc2c1CCC2. The van der Waals surface area contributed by atoms with E-state index in [9.17, 15) is 14.4 Å². The van der Waals surface area contributed by atoms with Crippen LogP contribution in [-0.4, -0.2) is 37.2 Å². The number of hydrogen-bond acceptors (Lipinski definition) is 7. The van der Waals surface area contributed by atoms with Gasteiger partial charge in [0.25, 0.3) is 0 Å². The molecule has 1 aliphatic rings. The lowest BCUT2D eigenvalue weighted by atomic mass is 10.1. The van der Waals surface area contributed by atoms with Crippen LogP contribution in [0.2, 0.25) is 0 Å². The van der Waals surface area contributed by atoms with Gasteiger partial charge in [0.1, 0.15) is 10.8 Å². The molecule has 0 saturated heterocycles. The highest BCUT2D eigenvalue weighted by molar-refractivity contribution is 7.17. The number of fused-ring (bicyclic) bond motifs is 1. The number of amides is 2. The van der Waals surface area contributed by atoms with Crippen LogP contribution >= 0.6 is 11.3 Å². The van der Waals surface area contributed by atoms with E-state index in [0.29, 0.717) is 22.0 Å². The van der Waals surface area contributed by atoms with E-state index in [1.807, 2.05) is 0 Å². The standard InChI is InChI=1S/C21H23N3O5S/c1-4-29-21(27)17-15-6-5-7-16(15)30-20(17)22-18(25)19(26)24-23-12(2)13-8-10-14(28-3)11-9-13/h8-11H,4-7H2,1-3H3,(H,22,25)(H,24,26)/b23-12+. The van der Waals surface area contributed by atoms with Gasteiger partial charge in [0.05, 0.1) is 25.0 Å².